The van der Waals surface area contributed by atoms with Gasteiger partial charge in [-0.15, -0.1) is 0 Å². The molecule has 0 saturated carbocycles. The first-order valence-electron chi connectivity index (χ1n) is 10.2. The third kappa shape index (κ3) is 18.0. The zero-order valence-electron chi connectivity index (χ0n) is 15.9. The zero-order chi connectivity index (χ0) is 18.8. The Morgan fingerprint density at radius 3 is 1.44 bits per heavy atom. The fraction of sp³-hybridized carbons (Fsp3) is 0.900. The Labute approximate surface area is 159 Å². The summed E-state index contributed by atoms with van der Waals surface area (Å²) in [4.78, 5) is 22.1. The van der Waals surface area contributed by atoms with E-state index in [1.807, 2.05) is 0 Å². The Hall–Kier alpha value is -0.550. The molecule has 0 spiro atoms. The molecular formula is C20H39NO3S. The lowest BCUT2D eigenvalue weighted by Crippen LogP contribution is -2.30. The third-order valence-electron chi connectivity index (χ3n) is 4.67. The predicted octanol–water partition coefficient (Wildman–Crippen LogP) is 5.14. The van der Waals surface area contributed by atoms with E-state index in [1.54, 1.807) is 0 Å². The number of carbonyl (C=O) groups excluding carboxylic acids is 1. The van der Waals surface area contributed by atoms with Crippen LogP contribution in [0.5, 0.6) is 0 Å². The molecule has 0 aromatic rings. The molecule has 0 radical (unpaired) electrons. The minimum atomic E-state index is -0.677. The molecule has 3 N–H and O–H groups in total. The van der Waals surface area contributed by atoms with Gasteiger partial charge >= 0.3 is 5.97 Å². The monoisotopic (exact) mass is 373 g/mol. The van der Waals surface area contributed by atoms with E-state index in [0.29, 0.717) is 25.0 Å². The van der Waals surface area contributed by atoms with Crippen LogP contribution in [0.1, 0.15) is 103 Å². The molecule has 1 atom stereocenters. The second-order valence-corrected chi connectivity index (χ2v) is 7.52. The largest absolute Gasteiger partial charge is 0.481 e. The van der Waals surface area contributed by atoms with Crippen molar-refractivity contribution in [3.05, 3.63) is 0 Å². The van der Waals surface area contributed by atoms with Crippen molar-refractivity contribution in [2.24, 2.45) is 5.73 Å². The molecule has 0 aliphatic rings. The first-order chi connectivity index (χ1) is 12.1. The molecule has 5 heteroatoms. The number of carboxylic acid groups (broad SMARTS) is 1. The second-order valence-electron chi connectivity index (χ2n) is 7.08. The van der Waals surface area contributed by atoms with E-state index in [2.05, 4.69) is 12.6 Å². The van der Waals surface area contributed by atoms with Crippen LogP contribution in [-0.2, 0) is 9.59 Å². The average molecular weight is 374 g/mol. The highest BCUT2D eigenvalue weighted by molar-refractivity contribution is 7.80. The number of aliphatic carboxylic acids is 1. The number of hydrogen-bond donors (Lipinski definition) is 3. The van der Waals surface area contributed by atoms with E-state index in [-0.39, 0.29) is 11.8 Å². The molecule has 0 rings (SSSR count). The van der Waals surface area contributed by atoms with Gasteiger partial charge in [-0.25, -0.2) is 0 Å². The smallest absolute Gasteiger partial charge is 0.303 e. The molecule has 0 aliphatic carbocycles. The van der Waals surface area contributed by atoms with E-state index in [0.717, 1.165) is 25.7 Å². The lowest BCUT2D eigenvalue weighted by Gasteiger charge is -2.08. The van der Waals surface area contributed by atoms with Crippen molar-refractivity contribution in [3.8, 4) is 0 Å². The number of hydrogen-bond acceptors (Lipinski definition) is 4. The van der Waals surface area contributed by atoms with Crippen molar-refractivity contribution >= 4 is 24.4 Å². The van der Waals surface area contributed by atoms with Crippen LogP contribution in [0.4, 0.5) is 0 Å². The number of unbranched alkanes of at least 4 members (excludes halogenated alkanes) is 12. The molecule has 0 aromatic heterocycles. The summed E-state index contributed by atoms with van der Waals surface area (Å²) in [5, 5.41) is 8.55. The van der Waals surface area contributed by atoms with Gasteiger partial charge in [-0.1, -0.05) is 70.6 Å². The van der Waals surface area contributed by atoms with Crippen molar-refractivity contribution < 1.29 is 14.7 Å². The number of thiol groups is 1. The Balaban J connectivity index is 3.16. The van der Waals surface area contributed by atoms with E-state index < -0.39 is 5.97 Å². The molecule has 25 heavy (non-hydrogen) atoms. The second kappa shape index (κ2) is 18.2. The first kappa shape index (κ1) is 24.5. The van der Waals surface area contributed by atoms with Crippen LogP contribution >= 0.6 is 12.6 Å². The van der Waals surface area contributed by atoms with Crippen LogP contribution in [0.25, 0.3) is 0 Å². The molecule has 4 nitrogen and oxygen atoms in total. The van der Waals surface area contributed by atoms with Gasteiger partial charge in [0.25, 0.3) is 0 Å². The highest BCUT2D eigenvalue weighted by atomic mass is 32.1. The summed E-state index contributed by atoms with van der Waals surface area (Å²) in [5.74, 6) is 0.193. The summed E-state index contributed by atoms with van der Waals surface area (Å²) in [6.45, 7) is 0. The minimum Gasteiger partial charge on any atom is -0.481 e. The van der Waals surface area contributed by atoms with Gasteiger partial charge in [-0.05, 0) is 25.0 Å². The fourth-order valence-corrected chi connectivity index (χ4v) is 3.28. The van der Waals surface area contributed by atoms with Crippen LogP contribution < -0.4 is 5.73 Å². The van der Waals surface area contributed by atoms with Crippen molar-refractivity contribution in [2.75, 3.05) is 5.75 Å². The number of ketones is 1. The standard InChI is InChI=1S/C20H39NO3S/c21-18(16-17-25)19(22)14-12-10-8-6-4-2-1-3-5-7-9-11-13-15-20(23)24/h18,25H,1-17,21H2,(H,23,24). The molecule has 1 unspecified atom stereocenters. The highest BCUT2D eigenvalue weighted by Crippen LogP contribution is 2.13. The van der Waals surface area contributed by atoms with Crippen LogP contribution in [0, 0.1) is 0 Å². The molecule has 0 aliphatic heterocycles. The van der Waals surface area contributed by atoms with Crippen LogP contribution in [-0.4, -0.2) is 28.7 Å². The molecule has 0 fully saturated rings. The number of carboxylic acids is 1. The van der Waals surface area contributed by atoms with Gasteiger partial charge in [-0.3, -0.25) is 9.59 Å². The van der Waals surface area contributed by atoms with Crippen molar-refractivity contribution in [2.45, 2.75) is 109 Å². The number of nitrogens with two attached hydrogens (primary N) is 1. The van der Waals surface area contributed by atoms with Crippen LogP contribution in [0.3, 0.4) is 0 Å². The fourth-order valence-electron chi connectivity index (χ4n) is 3.01. The Morgan fingerprint density at radius 1 is 0.720 bits per heavy atom. The maximum Gasteiger partial charge on any atom is 0.303 e. The normalized spacial score (nSPS) is 12.2. The summed E-state index contributed by atoms with van der Waals surface area (Å²) in [7, 11) is 0. The van der Waals surface area contributed by atoms with Gasteiger partial charge in [0.05, 0.1) is 6.04 Å². The zero-order valence-corrected chi connectivity index (χ0v) is 16.8. The molecule has 0 amide bonds. The Kier molecular flexibility index (Phi) is 17.8. The molecular weight excluding hydrogens is 334 g/mol. The summed E-state index contributed by atoms with van der Waals surface area (Å²) in [6.07, 6.45) is 17.0. The molecule has 148 valence electrons. The quantitative estimate of drug-likeness (QED) is 0.216. The molecule has 0 saturated heterocycles. The van der Waals surface area contributed by atoms with Gasteiger partial charge in [0.15, 0.2) is 0 Å². The topological polar surface area (TPSA) is 80.4 Å². The SMILES string of the molecule is NC(CCS)C(=O)CCCCCCCCCCCCCCCC(=O)O. The van der Waals surface area contributed by atoms with E-state index >= 15 is 0 Å². The summed E-state index contributed by atoms with van der Waals surface area (Å²) >= 11 is 4.11. The number of rotatable bonds is 19. The van der Waals surface area contributed by atoms with Gasteiger partial charge in [0.2, 0.25) is 0 Å². The van der Waals surface area contributed by atoms with E-state index in [1.165, 1.54) is 57.8 Å². The van der Waals surface area contributed by atoms with E-state index in [4.69, 9.17) is 10.8 Å². The van der Waals surface area contributed by atoms with Gasteiger partial charge in [0.1, 0.15) is 5.78 Å². The Morgan fingerprint density at radius 2 is 1.08 bits per heavy atom. The third-order valence-corrected chi connectivity index (χ3v) is 4.93. The van der Waals surface area contributed by atoms with Crippen molar-refractivity contribution in [1.82, 2.24) is 0 Å². The predicted molar refractivity (Wildman–Crippen MR) is 108 cm³/mol. The van der Waals surface area contributed by atoms with Crippen LogP contribution in [0.15, 0.2) is 0 Å². The maximum absolute atomic E-state index is 11.7. The molecule has 0 aromatic carbocycles. The van der Waals surface area contributed by atoms with Gasteiger partial charge in [-0.2, -0.15) is 12.6 Å². The maximum atomic E-state index is 11.7. The van der Waals surface area contributed by atoms with Crippen molar-refractivity contribution in [3.63, 3.8) is 0 Å². The Bertz CT molecular complexity index is 337. The lowest BCUT2D eigenvalue weighted by atomic mass is 10.0. The summed E-state index contributed by atoms with van der Waals surface area (Å²) in [5.41, 5.74) is 5.77. The minimum absolute atomic E-state index is 0.192. The number of Topliss-reactive ketones (excluding diaryl/α,β-unsaturated/α-hetero) is 1. The number of carbonyl (C=O) groups is 2. The van der Waals surface area contributed by atoms with Gasteiger partial charge < -0.3 is 10.8 Å². The van der Waals surface area contributed by atoms with Crippen molar-refractivity contribution in [1.29, 1.82) is 0 Å². The van der Waals surface area contributed by atoms with Crippen LogP contribution in [0.2, 0.25) is 0 Å². The molecule has 0 bridgehead atoms. The first-order valence-corrected chi connectivity index (χ1v) is 10.8. The summed E-state index contributed by atoms with van der Waals surface area (Å²) < 4.78 is 0. The average Bonchev–Trinajstić information content (AvgIpc) is 2.58. The molecule has 0 heterocycles. The summed E-state index contributed by atoms with van der Waals surface area (Å²) in [6, 6.07) is -0.310. The van der Waals surface area contributed by atoms with E-state index in [9.17, 15) is 9.59 Å². The highest BCUT2D eigenvalue weighted by Gasteiger charge is 2.11. The van der Waals surface area contributed by atoms with Gasteiger partial charge in [0, 0.05) is 12.8 Å². The lowest BCUT2D eigenvalue weighted by molar-refractivity contribution is -0.137.